The Hall–Kier alpha value is -2.25. The lowest BCUT2D eigenvalue weighted by Crippen LogP contribution is -2.30. The van der Waals surface area contributed by atoms with Gasteiger partial charge >= 0.3 is 5.97 Å². The Bertz CT molecular complexity index is 830. The second-order valence-corrected chi connectivity index (χ2v) is 7.26. The van der Waals surface area contributed by atoms with Gasteiger partial charge < -0.3 is 4.74 Å². The molecular formula is C18H20FNO4S. The van der Waals surface area contributed by atoms with Gasteiger partial charge in [0.15, 0.2) is 0 Å². The second kappa shape index (κ2) is 8.22. The second-order valence-electron chi connectivity index (χ2n) is 5.32. The molecule has 0 atom stereocenters. The number of carbonyl (C=O) groups excluding carboxylic acids is 1. The summed E-state index contributed by atoms with van der Waals surface area (Å²) in [6.07, 6.45) is 0. The number of esters is 1. The first-order valence-corrected chi connectivity index (χ1v) is 9.34. The molecule has 0 aliphatic carbocycles. The summed E-state index contributed by atoms with van der Waals surface area (Å²) in [5.74, 6) is -1.01. The average Bonchev–Trinajstić information content (AvgIpc) is 2.62. The molecule has 0 aliphatic rings. The van der Waals surface area contributed by atoms with E-state index in [0.717, 1.165) is 0 Å². The van der Waals surface area contributed by atoms with E-state index in [1.165, 1.54) is 52.8 Å². The zero-order chi connectivity index (χ0) is 18.4. The number of hydrogen-bond donors (Lipinski definition) is 0. The number of benzene rings is 2. The van der Waals surface area contributed by atoms with Crippen LogP contribution in [0, 0.1) is 5.82 Å². The summed E-state index contributed by atoms with van der Waals surface area (Å²) < 4.78 is 44.4. The molecule has 0 heterocycles. The van der Waals surface area contributed by atoms with Gasteiger partial charge in [-0.2, -0.15) is 4.31 Å². The van der Waals surface area contributed by atoms with Gasteiger partial charge in [-0.25, -0.2) is 17.6 Å². The topological polar surface area (TPSA) is 63.7 Å². The van der Waals surface area contributed by atoms with Crippen molar-refractivity contribution < 1.29 is 22.3 Å². The van der Waals surface area contributed by atoms with Crippen LogP contribution in [0.25, 0.3) is 0 Å². The van der Waals surface area contributed by atoms with E-state index in [0.29, 0.717) is 18.7 Å². The van der Waals surface area contributed by atoms with Crippen molar-refractivity contribution in [2.45, 2.75) is 25.3 Å². The Morgan fingerprint density at radius 2 is 1.72 bits per heavy atom. The fraction of sp³-hybridized carbons (Fsp3) is 0.278. The highest BCUT2D eigenvalue weighted by Gasteiger charge is 2.22. The van der Waals surface area contributed by atoms with Crippen LogP contribution < -0.4 is 0 Å². The first kappa shape index (κ1) is 19.1. The van der Waals surface area contributed by atoms with Crippen LogP contribution in [-0.4, -0.2) is 31.8 Å². The zero-order valence-electron chi connectivity index (χ0n) is 14.1. The minimum Gasteiger partial charge on any atom is -0.457 e. The molecule has 0 amide bonds. The summed E-state index contributed by atoms with van der Waals surface area (Å²) in [6.45, 7) is 4.17. The Morgan fingerprint density at radius 1 is 1.08 bits per heavy atom. The van der Waals surface area contributed by atoms with Gasteiger partial charge in [-0.15, -0.1) is 0 Å². The van der Waals surface area contributed by atoms with Crippen molar-refractivity contribution in [2.75, 3.05) is 13.1 Å². The molecule has 2 rings (SSSR count). The molecule has 2 aromatic rings. The summed E-state index contributed by atoms with van der Waals surface area (Å²) in [5.41, 5.74) is 0.789. The number of sulfonamides is 1. The predicted octanol–water partition coefficient (Wildman–Crippen LogP) is 3.21. The van der Waals surface area contributed by atoms with Crippen molar-refractivity contribution in [3.8, 4) is 0 Å². The first-order valence-electron chi connectivity index (χ1n) is 7.90. The summed E-state index contributed by atoms with van der Waals surface area (Å²) >= 11 is 0. The molecule has 0 saturated heterocycles. The van der Waals surface area contributed by atoms with E-state index in [1.54, 1.807) is 13.8 Å². The summed E-state index contributed by atoms with van der Waals surface area (Å²) in [7, 11) is -3.65. The Morgan fingerprint density at radius 3 is 2.32 bits per heavy atom. The number of nitrogens with zero attached hydrogens (tertiary/aromatic N) is 1. The van der Waals surface area contributed by atoms with Crippen molar-refractivity contribution in [1.82, 2.24) is 4.31 Å². The van der Waals surface area contributed by atoms with E-state index in [1.807, 2.05) is 0 Å². The summed E-state index contributed by atoms with van der Waals surface area (Å²) in [4.78, 5) is 12.2. The summed E-state index contributed by atoms with van der Waals surface area (Å²) in [5, 5.41) is 0. The lowest BCUT2D eigenvalue weighted by Gasteiger charge is -2.18. The molecule has 25 heavy (non-hydrogen) atoms. The maximum absolute atomic E-state index is 12.9. The lowest BCUT2D eigenvalue weighted by molar-refractivity contribution is 0.0472. The van der Waals surface area contributed by atoms with Gasteiger partial charge in [0.1, 0.15) is 12.4 Å². The van der Waals surface area contributed by atoms with Gasteiger partial charge in [-0.05, 0) is 35.9 Å². The van der Waals surface area contributed by atoms with E-state index in [9.17, 15) is 17.6 Å². The normalized spacial score (nSPS) is 11.5. The SMILES string of the molecule is CCN(CC)S(=O)(=O)c1cccc(C(=O)OCc2ccc(F)cc2)c1. The Balaban J connectivity index is 2.14. The van der Waals surface area contributed by atoms with Crippen LogP contribution in [0.15, 0.2) is 53.4 Å². The molecule has 0 spiro atoms. The van der Waals surface area contributed by atoms with E-state index in [-0.39, 0.29) is 22.9 Å². The molecule has 0 radical (unpaired) electrons. The van der Waals surface area contributed by atoms with E-state index in [4.69, 9.17) is 4.74 Å². The molecule has 0 aromatic heterocycles. The largest absolute Gasteiger partial charge is 0.457 e. The molecule has 0 unspecified atom stereocenters. The molecule has 0 N–H and O–H groups in total. The highest BCUT2D eigenvalue weighted by molar-refractivity contribution is 7.89. The van der Waals surface area contributed by atoms with Crippen molar-refractivity contribution >= 4 is 16.0 Å². The molecule has 0 bridgehead atoms. The maximum Gasteiger partial charge on any atom is 0.338 e. The van der Waals surface area contributed by atoms with Crippen LogP contribution in [0.3, 0.4) is 0 Å². The molecule has 2 aromatic carbocycles. The minimum absolute atomic E-state index is 0.0217. The van der Waals surface area contributed by atoms with Crippen molar-refractivity contribution in [3.05, 3.63) is 65.5 Å². The fourth-order valence-corrected chi connectivity index (χ4v) is 3.81. The molecule has 5 nitrogen and oxygen atoms in total. The maximum atomic E-state index is 12.9. The van der Waals surface area contributed by atoms with Crippen LogP contribution >= 0.6 is 0 Å². The number of rotatable bonds is 7. The van der Waals surface area contributed by atoms with Gasteiger partial charge in [0.2, 0.25) is 10.0 Å². The Kier molecular flexibility index (Phi) is 6.27. The quantitative estimate of drug-likeness (QED) is 0.707. The van der Waals surface area contributed by atoms with Crippen molar-refractivity contribution in [1.29, 1.82) is 0 Å². The third-order valence-electron chi connectivity index (χ3n) is 3.70. The molecule has 0 saturated carbocycles. The van der Waals surface area contributed by atoms with Crippen LogP contribution in [0.5, 0.6) is 0 Å². The fourth-order valence-electron chi connectivity index (χ4n) is 2.31. The predicted molar refractivity (Wildman–Crippen MR) is 92.1 cm³/mol. The van der Waals surface area contributed by atoms with Crippen molar-refractivity contribution in [3.63, 3.8) is 0 Å². The van der Waals surface area contributed by atoms with Crippen LogP contribution in [0.2, 0.25) is 0 Å². The van der Waals surface area contributed by atoms with Gasteiger partial charge in [0, 0.05) is 13.1 Å². The monoisotopic (exact) mass is 365 g/mol. The number of carbonyl (C=O) groups is 1. The smallest absolute Gasteiger partial charge is 0.338 e. The van der Waals surface area contributed by atoms with Gasteiger partial charge in [-0.3, -0.25) is 0 Å². The van der Waals surface area contributed by atoms with Gasteiger partial charge in [0.25, 0.3) is 0 Å². The highest BCUT2D eigenvalue weighted by atomic mass is 32.2. The van der Waals surface area contributed by atoms with E-state index < -0.39 is 16.0 Å². The van der Waals surface area contributed by atoms with Crippen LogP contribution in [-0.2, 0) is 21.4 Å². The molecule has 0 aliphatic heterocycles. The molecule has 0 fully saturated rings. The molecular weight excluding hydrogens is 345 g/mol. The van der Waals surface area contributed by atoms with Crippen molar-refractivity contribution in [2.24, 2.45) is 0 Å². The third-order valence-corrected chi connectivity index (χ3v) is 5.74. The van der Waals surface area contributed by atoms with E-state index in [2.05, 4.69) is 0 Å². The van der Waals surface area contributed by atoms with E-state index >= 15 is 0 Å². The standard InChI is InChI=1S/C18H20FNO4S/c1-3-20(4-2)25(22,23)17-7-5-6-15(12-17)18(21)24-13-14-8-10-16(19)11-9-14/h5-12H,3-4,13H2,1-2H3. The van der Waals surface area contributed by atoms with Crippen LogP contribution in [0.4, 0.5) is 4.39 Å². The minimum atomic E-state index is -3.65. The van der Waals surface area contributed by atoms with Crippen LogP contribution in [0.1, 0.15) is 29.8 Å². The molecule has 134 valence electrons. The number of ether oxygens (including phenoxy) is 1. The number of halogens is 1. The van der Waals surface area contributed by atoms with Gasteiger partial charge in [0.05, 0.1) is 10.5 Å². The lowest BCUT2D eigenvalue weighted by atomic mass is 10.2. The Labute approximate surface area is 147 Å². The first-order chi connectivity index (χ1) is 11.9. The molecule has 7 heteroatoms. The zero-order valence-corrected chi connectivity index (χ0v) is 14.9. The average molecular weight is 365 g/mol. The van der Waals surface area contributed by atoms with Gasteiger partial charge in [-0.1, -0.05) is 32.0 Å². The highest BCUT2D eigenvalue weighted by Crippen LogP contribution is 2.18. The third kappa shape index (κ3) is 4.64. The number of hydrogen-bond acceptors (Lipinski definition) is 4. The summed E-state index contributed by atoms with van der Waals surface area (Å²) in [6, 6.07) is 11.3.